The summed E-state index contributed by atoms with van der Waals surface area (Å²) in [5.41, 5.74) is 2.07. The van der Waals surface area contributed by atoms with Crippen LogP contribution in [0.5, 0.6) is 0 Å². The number of benzene rings is 1. The maximum Gasteiger partial charge on any atom is 0.159 e. The molecule has 0 unspecified atom stereocenters. The van der Waals surface area contributed by atoms with Gasteiger partial charge in [0.05, 0.1) is 0 Å². The van der Waals surface area contributed by atoms with Crippen molar-refractivity contribution in [1.82, 2.24) is 0 Å². The Balaban J connectivity index is 1.98. The van der Waals surface area contributed by atoms with Crippen molar-refractivity contribution in [3.05, 3.63) is 35.4 Å². The highest BCUT2D eigenvalue weighted by molar-refractivity contribution is 5.93. The second-order valence-electron chi connectivity index (χ2n) is 5.74. The van der Waals surface area contributed by atoms with Crippen LogP contribution in [-0.2, 0) is 11.2 Å². The lowest BCUT2D eigenvalue weighted by molar-refractivity contribution is 0.101. The van der Waals surface area contributed by atoms with E-state index < -0.39 is 0 Å². The van der Waals surface area contributed by atoms with Crippen LogP contribution in [0.3, 0.4) is 0 Å². The van der Waals surface area contributed by atoms with Crippen LogP contribution < -0.4 is 0 Å². The number of ether oxygens (including phenoxy) is 1. The Morgan fingerprint density at radius 3 is 2.19 bits per heavy atom. The van der Waals surface area contributed by atoms with Crippen LogP contribution in [0.4, 0.5) is 0 Å². The minimum absolute atomic E-state index is 0.129. The van der Waals surface area contributed by atoms with Crippen molar-refractivity contribution in [2.24, 2.45) is 0 Å². The Kier molecular flexibility index (Phi) is 9.81. The maximum absolute atomic E-state index is 11.2. The van der Waals surface area contributed by atoms with Gasteiger partial charge in [0, 0.05) is 18.8 Å². The van der Waals surface area contributed by atoms with Crippen molar-refractivity contribution in [2.45, 2.75) is 65.2 Å². The van der Waals surface area contributed by atoms with E-state index in [1.807, 2.05) is 24.3 Å². The van der Waals surface area contributed by atoms with Gasteiger partial charge in [-0.15, -0.1) is 0 Å². The van der Waals surface area contributed by atoms with E-state index in [2.05, 4.69) is 6.92 Å². The fourth-order valence-corrected chi connectivity index (χ4v) is 2.37. The lowest BCUT2D eigenvalue weighted by Crippen LogP contribution is -1.99. The fraction of sp³-hybridized carbons (Fsp3) is 0.632. The predicted octanol–water partition coefficient (Wildman–Crippen LogP) is 5.20. The van der Waals surface area contributed by atoms with Crippen molar-refractivity contribution < 1.29 is 9.53 Å². The van der Waals surface area contributed by atoms with Crippen LogP contribution in [0.1, 0.15) is 74.7 Å². The standard InChI is InChI=1S/C19H30O2/c1-3-4-5-6-7-8-15-21-16-9-10-18-11-13-19(14-12-18)17(2)20/h11-14H,3-10,15-16H2,1-2H3. The molecule has 1 aromatic carbocycles. The van der Waals surface area contributed by atoms with E-state index in [1.54, 1.807) is 6.92 Å². The van der Waals surface area contributed by atoms with Gasteiger partial charge in [0.2, 0.25) is 0 Å². The van der Waals surface area contributed by atoms with Crippen molar-refractivity contribution in [3.63, 3.8) is 0 Å². The molecular weight excluding hydrogens is 260 g/mol. The van der Waals surface area contributed by atoms with Crippen LogP contribution in [0, 0.1) is 0 Å². The third kappa shape index (κ3) is 8.67. The average Bonchev–Trinajstić information content (AvgIpc) is 2.49. The molecule has 0 aromatic heterocycles. The molecule has 2 heteroatoms. The zero-order chi connectivity index (χ0) is 15.3. The van der Waals surface area contributed by atoms with Crippen molar-refractivity contribution >= 4 is 5.78 Å². The molecule has 0 fully saturated rings. The first-order valence-corrected chi connectivity index (χ1v) is 8.41. The topological polar surface area (TPSA) is 26.3 Å². The second-order valence-corrected chi connectivity index (χ2v) is 5.74. The van der Waals surface area contributed by atoms with Crippen molar-refractivity contribution in [1.29, 1.82) is 0 Å². The third-order valence-electron chi connectivity index (χ3n) is 3.76. The van der Waals surface area contributed by atoms with E-state index in [-0.39, 0.29) is 5.78 Å². The molecule has 118 valence electrons. The van der Waals surface area contributed by atoms with Gasteiger partial charge in [-0.05, 0) is 31.7 Å². The molecule has 0 aliphatic rings. The molecule has 0 amide bonds. The molecule has 0 spiro atoms. The molecule has 1 rings (SSSR count). The van der Waals surface area contributed by atoms with Gasteiger partial charge in [-0.3, -0.25) is 4.79 Å². The van der Waals surface area contributed by atoms with E-state index in [0.717, 1.165) is 31.6 Å². The molecule has 2 nitrogen and oxygen atoms in total. The molecule has 0 bridgehead atoms. The predicted molar refractivity (Wildman–Crippen MR) is 89.0 cm³/mol. The highest BCUT2D eigenvalue weighted by atomic mass is 16.5. The number of aryl methyl sites for hydroxylation is 1. The summed E-state index contributed by atoms with van der Waals surface area (Å²) in [6.45, 7) is 5.58. The van der Waals surface area contributed by atoms with Crippen molar-refractivity contribution in [3.8, 4) is 0 Å². The first-order valence-electron chi connectivity index (χ1n) is 8.41. The number of rotatable bonds is 12. The summed E-state index contributed by atoms with van der Waals surface area (Å²) in [4.78, 5) is 11.2. The van der Waals surface area contributed by atoms with E-state index >= 15 is 0 Å². The lowest BCUT2D eigenvalue weighted by atomic mass is 10.1. The van der Waals surface area contributed by atoms with Gasteiger partial charge in [-0.1, -0.05) is 63.3 Å². The molecule has 0 atom stereocenters. The molecule has 1 aromatic rings. The van der Waals surface area contributed by atoms with E-state index in [0.29, 0.717) is 0 Å². The normalized spacial score (nSPS) is 10.8. The van der Waals surface area contributed by atoms with Gasteiger partial charge in [-0.25, -0.2) is 0 Å². The van der Waals surface area contributed by atoms with Crippen LogP contribution in [0.25, 0.3) is 0 Å². The summed E-state index contributed by atoms with van der Waals surface area (Å²) >= 11 is 0. The molecule has 0 saturated heterocycles. The van der Waals surface area contributed by atoms with Crippen LogP contribution >= 0.6 is 0 Å². The minimum Gasteiger partial charge on any atom is -0.381 e. The van der Waals surface area contributed by atoms with E-state index in [1.165, 1.54) is 44.1 Å². The number of ketones is 1. The molecule has 0 heterocycles. The number of hydrogen-bond acceptors (Lipinski definition) is 2. The van der Waals surface area contributed by atoms with Crippen LogP contribution in [-0.4, -0.2) is 19.0 Å². The smallest absolute Gasteiger partial charge is 0.159 e. The fourth-order valence-electron chi connectivity index (χ4n) is 2.37. The highest BCUT2D eigenvalue weighted by Gasteiger charge is 1.99. The van der Waals surface area contributed by atoms with E-state index in [9.17, 15) is 4.79 Å². The average molecular weight is 290 g/mol. The maximum atomic E-state index is 11.2. The van der Waals surface area contributed by atoms with Crippen molar-refractivity contribution in [2.75, 3.05) is 13.2 Å². The summed E-state index contributed by atoms with van der Waals surface area (Å²) in [6, 6.07) is 7.92. The largest absolute Gasteiger partial charge is 0.381 e. The summed E-state index contributed by atoms with van der Waals surface area (Å²) in [6.07, 6.45) is 9.95. The number of carbonyl (C=O) groups is 1. The van der Waals surface area contributed by atoms with Gasteiger partial charge >= 0.3 is 0 Å². The second kappa shape index (κ2) is 11.5. The monoisotopic (exact) mass is 290 g/mol. The molecule has 21 heavy (non-hydrogen) atoms. The Labute approximate surface area is 129 Å². The van der Waals surface area contributed by atoms with Gasteiger partial charge in [-0.2, -0.15) is 0 Å². The third-order valence-corrected chi connectivity index (χ3v) is 3.76. The van der Waals surface area contributed by atoms with Gasteiger partial charge in [0.15, 0.2) is 5.78 Å². The Hall–Kier alpha value is -1.15. The van der Waals surface area contributed by atoms with Gasteiger partial charge in [0.1, 0.15) is 0 Å². The quantitative estimate of drug-likeness (QED) is 0.391. The number of hydrogen-bond donors (Lipinski definition) is 0. The molecule has 0 aliphatic heterocycles. The Bertz CT molecular complexity index is 381. The number of unbranched alkanes of at least 4 members (excludes halogenated alkanes) is 5. The molecule has 0 N–H and O–H groups in total. The summed E-state index contributed by atoms with van der Waals surface area (Å²) < 4.78 is 5.67. The highest BCUT2D eigenvalue weighted by Crippen LogP contribution is 2.08. The minimum atomic E-state index is 0.129. The number of carbonyl (C=O) groups excluding carboxylic acids is 1. The van der Waals surface area contributed by atoms with Gasteiger partial charge in [0.25, 0.3) is 0 Å². The summed E-state index contributed by atoms with van der Waals surface area (Å²) in [5.74, 6) is 0.129. The number of Topliss-reactive ketones (excluding diaryl/α,β-unsaturated/α-hetero) is 1. The Morgan fingerprint density at radius 1 is 0.905 bits per heavy atom. The van der Waals surface area contributed by atoms with Crippen LogP contribution in [0.15, 0.2) is 24.3 Å². The molecular formula is C19H30O2. The van der Waals surface area contributed by atoms with Gasteiger partial charge < -0.3 is 4.74 Å². The first kappa shape index (κ1) is 17.9. The van der Waals surface area contributed by atoms with Crippen LogP contribution in [0.2, 0.25) is 0 Å². The van der Waals surface area contributed by atoms with E-state index in [4.69, 9.17) is 4.74 Å². The molecule has 0 aliphatic carbocycles. The zero-order valence-electron chi connectivity index (χ0n) is 13.7. The lowest BCUT2D eigenvalue weighted by Gasteiger charge is -2.05. The summed E-state index contributed by atoms with van der Waals surface area (Å²) in [5, 5.41) is 0. The summed E-state index contributed by atoms with van der Waals surface area (Å²) in [7, 11) is 0. The zero-order valence-corrected chi connectivity index (χ0v) is 13.7. The first-order chi connectivity index (χ1) is 10.2. The Morgan fingerprint density at radius 2 is 1.52 bits per heavy atom. The SMILES string of the molecule is CCCCCCCCOCCCc1ccc(C(C)=O)cc1. The molecule has 0 saturated carbocycles. The molecule has 0 radical (unpaired) electrons.